The highest BCUT2D eigenvalue weighted by atomic mass is 32.1. The Morgan fingerprint density at radius 3 is 2.46 bits per heavy atom. The summed E-state index contributed by atoms with van der Waals surface area (Å²) in [6.07, 6.45) is 5.88. The van der Waals surface area contributed by atoms with E-state index in [0.29, 0.717) is 28.1 Å². The highest BCUT2D eigenvalue weighted by Gasteiger charge is 2.37. The van der Waals surface area contributed by atoms with Crippen molar-refractivity contribution in [3.05, 3.63) is 83.9 Å². The maximum atomic E-state index is 12.3. The van der Waals surface area contributed by atoms with Crippen molar-refractivity contribution in [3.63, 3.8) is 0 Å². The molecule has 0 bridgehead atoms. The first-order valence-electron chi connectivity index (χ1n) is 13.4. The van der Waals surface area contributed by atoms with Crippen LogP contribution in [0.2, 0.25) is 0 Å². The van der Waals surface area contributed by atoms with Crippen molar-refractivity contribution in [2.75, 3.05) is 42.8 Å². The first-order valence-corrected chi connectivity index (χ1v) is 14.3. The molecule has 0 saturated carbocycles. The zero-order chi connectivity index (χ0) is 28.8. The number of hydrogen-bond donors (Lipinski definition) is 3. The summed E-state index contributed by atoms with van der Waals surface area (Å²) in [5.41, 5.74) is 3.26. The summed E-state index contributed by atoms with van der Waals surface area (Å²) in [6.45, 7) is 3.62. The Kier molecular flexibility index (Phi) is 8.70. The Hall–Kier alpha value is -4.15. The summed E-state index contributed by atoms with van der Waals surface area (Å²) >= 11 is 11.2. The molecule has 1 spiro atoms. The van der Waals surface area contributed by atoms with E-state index in [1.165, 1.54) is 0 Å². The molecule has 0 aliphatic carbocycles. The Bertz CT molecular complexity index is 1480. The summed E-state index contributed by atoms with van der Waals surface area (Å²) in [5, 5.41) is 10.7. The number of piperidine rings is 1. The van der Waals surface area contributed by atoms with Crippen LogP contribution < -0.4 is 25.4 Å². The van der Waals surface area contributed by atoms with Gasteiger partial charge in [-0.25, -0.2) is 4.79 Å². The van der Waals surface area contributed by atoms with E-state index in [1.807, 2.05) is 48.5 Å². The average molecular weight is 589 g/mol. The monoisotopic (exact) mass is 588 g/mol. The van der Waals surface area contributed by atoms with Gasteiger partial charge in [0.25, 0.3) is 0 Å². The zero-order valence-corrected chi connectivity index (χ0v) is 24.6. The number of benzene rings is 3. The van der Waals surface area contributed by atoms with Gasteiger partial charge in [-0.15, -0.1) is 0 Å². The number of fused-ring (bicyclic) bond motifs is 1. The number of carbonyl (C=O) groups is 1. The van der Waals surface area contributed by atoms with E-state index in [4.69, 9.17) is 38.6 Å². The van der Waals surface area contributed by atoms with Crippen LogP contribution in [-0.4, -0.2) is 53.5 Å². The summed E-state index contributed by atoms with van der Waals surface area (Å²) in [5.74, 6) is 1.18. The molecule has 0 unspecified atom stereocenters. The molecule has 3 aromatic rings. The third-order valence-electron chi connectivity index (χ3n) is 7.06. The molecular formula is C31H32N4O4S2. The van der Waals surface area contributed by atoms with Crippen LogP contribution in [0, 0.1) is 0 Å². The molecule has 1 fully saturated rings. The van der Waals surface area contributed by atoms with Gasteiger partial charge in [0.1, 0.15) is 17.1 Å². The van der Waals surface area contributed by atoms with Gasteiger partial charge in [-0.2, -0.15) is 0 Å². The minimum Gasteiger partial charge on any atom is -0.495 e. The zero-order valence-electron chi connectivity index (χ0n) is 22.9. The number of ether oxygens (including phenoxy) is 3. The lowest BCUT2D eigenvalue weighted by Gasteiger charge is -2.42. The van der Waals surface area contributed by atoms with Gasteiger partial charge in [0.15, 0.2) is 10.2 Å². The molecule has 212 valence electrons. The molecule has 0 radical (unpaired) electrons. The van der Waals surface area contributed by atoms with Crippen LogP contribution in [-0.2, 0) is 4.74 Å². The van der Waals surface area contributed by atoms with Gasteiger partial charge in [0.2, 0.25) is 0 Å². The Morgan fingerprint density at radius 1 is 0.976 bits per heavy atom. The first-order chi connectivity index (χ1) is 19.9. The molecule has 5 rings (SSSR count). The topological polar surface area (TPSA) is 84.1 Å². The number of anilines is 3. The second-order valence-corrected chi connectivity index (χ2v) is 10.5. The molecule has 3 N–H and O–H groups in total. The van der Waals surface area contributed by atoms with Crippen molar-refractivity contribution >= 4 is 63.8 Å². The maximum Gasteiger partial charge on any atom is 0.340 e. The Morgan fingerprint density at radius 2 is 1.71 bits per heavy atom. The Labute approximate surface area is 250 Å². The number of nitrogens with zero attached hydrogens (tertiary/aromatic N) is 1. The standard InChI is InChI=1S/C31H32N4O4S2/c1-3-38-28(36)23-8-4-5-9-24(23)33-29(40)32-22-12-13-26-21(20-22)14-15-31(39-26)16-18-35(19-17-31)30(41)34-25-10-6-7-11-27(25)37-2/h4-15,20H,3,16-19H2,1-2H3,(H,34,41)(H2,32,33,40). The summed E-state index contributed by atoms with van der Waals surface area (Å²) in [7, 11) is 1.65. The molecule has 3 aromatic carbocycles. The summed E-state index contributed by atoms with van der Waals surface area (Å²) < 4.78 is 17.1. The largest absolute Gasteiger partial charge is 0.495 e. The molecule has 41 heavy (non-hydrogen) atoms. The molecule has 0 atom stereocenters. The SMILES string of the molecule is CCOC(=O)c1ccccc1NC(=S)Nc1ccc2c(c1)C=CC1(CCN(C(=S)Nc3ccccc3OC)CC1)O2. The summed E-state index contributed by atoms with van der Waals surface area (Å²) in [4.78, 5) is 14.4. The molecular weight excluding hydrogens is 556 g/mol. The van der Waals surface area contributed by atoms with Crippen LogP contribution in [0.5, 0.6) is 11.5 Å². The van der Waals surface area contributed by atoms with Crippen LogP contribution in [0.1, 0.15) is 35.7 Å². The molecule has 2 aliphatic heterocycles. The minimum absolute atomic E-state index is 0.300. The normalized spacial score (nSPS) is 14.8. The van der Waals surface area contributed by atoms with Gasteiger partial charge in [-0.05, 0) is 79.9 Å². The lowest BCUT2D eigenvalue weighted by Crippen LogP contribution is -2.50. The fourth-order valence-corrected chi connectivity index (χ4v) is 5.43. The van der Waals surface area contributed by atoms with E-state index in [0.717, 1.165) is 54.4 Å². The van der Waals surface area contributed by atoms with Crippen molar-refractivity contribution in [1.29, 1.82) is 0 Å². The van der Waals surface area contributed by atoms with Crippen LogP contribution in [0.4, 0.5) is 17.1 Å². The number of para-hydroxylation sites is 3. The van der Waals surface area contributed by atoms with E-state index in [2.05, 4.69) is 33.0 Å². The van der Waals surface area contributed by atoms with Crippen LogP contribution in [0.15, 0.2) is 72.8 Å². The predicted octanol–water partition coefficient (Wildman–Crippen LogP) is 6.32. The third-order valence-corrected chi connectivity index (χ3v) is 7.63. The fourth-order valence-electron chi connectivity index (χ4n) is 4.91. The molecule has 1 saturated heterocycles. The van der Waals surface area contributed by atoms with Crippen molar-refractivity contribution in [1.82, 2.24) is 4.90 Å². The molecule has 2 aliphatic rings. The quantitative estimate of drug-likeness (QED) is 0.225. The summed E-state index contributed by atoms with van der Waals surface area (Å²) in [6, 6.07) is 20.7. The van der Waals surface area contributed by atoms with Crippen LogP contribution in [0.25, 0.3) is 6.08 Å². The van der Waals surface area contributed by atoms with Crippen molar-refractivity contribution in [2.24, 2.45) is 0 Å². The first kappa shape index (κ1) is 28.4. The van der Waals surface area contributed by atoms with Gasteiger partial charge in [-0.3, -0.25) is 0 Å². The second kappa shape index (κ2) is 12.6. The van der Waals surface area contributed by atoms with Gasteiger partial charge in [0.05, 0.1) is 30.7 Å². The van der Waals surface area contributed by atoms with Crippen molar-refractivity contribution in [2.45, 2.75) is 25.4 Å². The molecule has 10 heteroatoms. The smallest absolute Gasteiger partial charge is 0.340 e. The fraction of sp³-hybridized carbons (Fsp3) is 0.258. The number of likely N-dealkylation sites (tertiary alicyclic amines) is 1. The second-order valence-electron chi connectivity index (χ2n) is 9.72. The molecule has 0 amide bonds. The number of methoxy groups -OCH3 is 1. The van der Waals surface area contributed by atoms with Crippen LogP contribution in [0.3, 0.4) is 0 Å². The third kappa shape index (κ3) is 6.61. The number of rotatable bonds is 6. The Balaban J connectivity index is 1.18. The van der Waals surface area contributed by atoms with Gasteiger partial charge in [-0.1, -0.05) is 30.3 Å². The predicted molar refractivity (Wildman–Crippen MR) is 171 cm³/mol. The number of nitrogens with one attached hydrogen (secondary N) is 3. The lowest BCUT2D eigenvalue weighted by atomic mass is 9.88. The molecule has 8 nitrogen and oxygen atoms in total. The van der Waals surface area contributed by atoms with Gasteiger partial charge < -0.3 is 35.1 Å². The average Bonchev–Trinajstić information content (AvgIpc) is 2.98. The lowest BCUT2D eigenvalue weighted by molar-refractivity contribution is 0.0527. The van der Waals surface area contributed by atoms with E-state index in [9.17, 15) is 4.79 Å². The van der Waals surface area contributed by atoms with Gasteiger partial charge in [0, 0.05) is 37.2 Å². The number of carbonyl (C=O) groups excluding carboxylic acids is 1. The molecule has 0 aromatic heterocycles. The van der Waals surface area contributed by atoms with E-state index >= 15 is 0 Å². The van der Waals surface area contributed by atoms with E-state index < -0.39 is 5.97 Å². The number of thiocarbonyl (C=S) groups is 2. The van der Waals surface area contributed by atoms with E-state index in [1.54, 1.807) is 32.2 Å². The van der Waals surface area contributed by atoms with Crippen LogP contribution >= 0.6 is 24.4 Å². The van der Waals surface area contributed by atoms with Crippen molar-refractivity contribution in [3.8, 4) is 11.5 Å². The number of esters is 1. The van der Waals surface area contributed by atoms with Crippen molar-refractivity contribution < 1.29 is 19.0 Å². The number of hydrogen-bond acceptors (Lipinski definition) is 6. The minimum atomic E-state index is -0.399. The van der Waals surface area contributed by atoms with E-state index in [-0.39, 0.29) is 5.60 Å². The van der Waals surface area contributed by atoms with Gasteiger partial charge >= 0.3 is 5.97 Å². The highest BCUT2D eigenvalue weighted by Crippen LogP contribution is 2.38. The molecule has 2 heterocycles. The maximum absolute atomic E-state index is 12.3. The highest BCUT2D eigenvalue weighted by molar-refractivity contribution is 7.80.